The summed E-state index contributed by atoms with van der Waals surface area (Å²) < 4.78 is 0. The van der Waals surface area contributed by atoms with E-state index in [2.05, 4.69) is 50.4 Å². The number of thioether (sulfide) groups is 1. The van der Waals surface area contributed by atoms with Crippen LogP contribution in [0, 0.1) is 13.8 Å². The van der Waals surface area contributed by atoms with Crippen molar-refractivity contribution < 1.29 is 0 Å². The van der Waals surface area contributed by atoms with E-state index in [9.17, 15) is 0 Å². The molecule has 116 valence electrons. The molecule has 0 spiro atoms. The number of aromatic nitrogens is 1. The molecule has 0 aliphatic heterocycles. The first-order valence-electron chi connectivity index (χ1n) is 7.46. The summed E-state index contributed by atoms with van der Waals surface area (Å²) in [7, 11) is 0. The summed E-state index contributed by atoms with van der Waals surface area (Å²) in [5, 5.41) is 0.729. The Bertz CT molecular complexity index is 858. The maximum Gasteiger partial charge on any atom is 0.0723 e. The molecule has 0 saturated carbocycles. The van der Waals surface area contributed by atoms with Crippen molar-refractivity contribution in [3.63, 3.8) is 0 Å². The van der Waals surface area contributed by atoms with Gasteiger partial charge in [0.05, 0.1) is 11.4 Å². The van der Waals surface area contributed by atoms with Crippen LogP contribution in [0.1, 0.15) is 11.1 Å². The Morgan fingerprint density at radius 2 is 1.70 bits per heavy atom. The molecule has 0 atom stereocenters. The van der Waals surface area contributed by atoms with E-state index in [1.165, 1.54) is 21.6 Å². The fourth-order valence-electron chi connectivity index (χ4n) is 2.66. The van der Waals surface area contributed by atoms with Crippen molar-refractivity contribution in [2.24, 2.45) is 0 Å². The van der Waals surface area contributed by atoms with Gasteiger partial charge in [0.15, 0.2) is 0 Å². The molecule has 23 heavy (non-hydrogen) atoms. The van der Waals surface area contributed by atoms with E-state index in [4.69, 9.17) is 16.6 Å². The highest BCUT2D eigenvalue weighted by molar-refractivity contribution is 7.98. The minimum absolute atomic E-state index is 0.729. The number of aryl methyl sites for hydroxylation is 2. The molecule has 0 amide bonds. The lowest BCUT2D eigenvalue weighted by Crippen LogP contribution is -1.92. The van der Waals surface area contributed by atoms with E-state index < -0.39 is 0 Å². The summed E-state index contributed by atoms with van der Waals surface area (Å²) in [6.45, 7) is 4.24. The Morgan fingerprint density at radius 1 is 0.913 bits per heavy atom. The normalized spacial score (nSPS) is 10.8. The molecule has 0 fully saturated rings. The monoisotopic (exact) mass is 339 g/mol. The van der Waals surface area contributed by atoms with Crippen LogP contribution in [0.2, 0.25) is 5.02 Å². The van der Waals surface area contributed by atoms with Crippen LogP contribution in [0.4, 0.5) is 0 Å². The Balaban J connectivity index is 2.16. The van der Waals surface area contributed by atoms with Gasteiger partial charge in [-0.15, -0.1) is 11.8 Å². The zero-order valence-electron chi connectivity index (χ0n) is 13.4. The molecule has 1 aromatic heterocycles. The lowest BCUT2D eigenvalue weighted by atomic mass is 10.0. The predicted octanol–water partition coefficient (Wildman–Crippen LogP) is 6.41. The summed E-state index contributed by atoms with van der Waals surface area (Å²) in [5.74, 6) is 0. The lowest BCUT2D eigenvalue weighted by molar-refractivity contribution is 1.25. The number of pyridine rings is 1. The van der Waals surface area contributed by atoms with E-state index in [1.54, 1.807) is 11.8 Å². The maximum atomic E-state index is 6.13. The summed E-state index contributed by atoms with van der Waals surface area (Å²) in [4.78, 5) is 6.08. The summed E-state index contributed by atoms with van der Waals surface area (Å²) in [6, 6.07) is 18.6. The highest BCUT2D eigenvalue weighted by atomic mass is 35.5. The molecule has 0 unspecified atom stereocenters. The minimum Gasteiger partial charge on any atom is -0.248 e. The minimum atomic E-state index is 0.729. The van der Waals surface area contributed by atoms with Gasteiger partial charge < -0.3 is 0 Å². The Morgan fingerprint density at radius 3 is 2.39 bits per heavy atom. The third-order valence-electron chi connectivity index (χ3n) is 3.81. The summed E-state index contributed by atoms with van der Waals surface area (Å²) >= 11 is 7.86. The lowest BCUT2D eigenvalue weighted by Gasteiger charge is -2.11. The Labute approximate surface area is 146 Å². The van der Waals surface area contributed by atoms with E-state index in [0.29, 0.717) is 0 Å². The van der Waals surface area contributed by atoms with Gasteiger partial charge in [0, 0.05) is 21.0 Å². The molecule has 0 radical (unpaired) electrons. The molecular formula is C20H18ClNS. The van der Waals surface area contributed by atoms with Crippen LogP contribution in [-0.4, -0.2) is 11.2 Å². The Hall–Kier alpha value is -1.77. The second-order valence-electron chi connectivity index (χ2n) is 5.61. The SMILES string of the molecule is CSc1cc(-c2cccc(Cl)c2)nc(-c2ccc(C)cc2C)c1. The van der Waals surface area contributed by atoms with Gasteiger partial charge in [-0.2, -0.15) is 0 Å². The predicted molar refractivity (Wildman–Crippen MR) is 101 cm³/mol. The van der Waals surface area contributed by atoms with Crippen LogP contribution >= 0.6 is 23.4 Å². The van der Waals surface area contributed by atoms with Crippen molar-refractivity contribution >= 4 is 23.4 Å². The summed E-state index contributed by atoms with van der Waals surface area (Å²) in [5.41, 5.74) is 6.68. The van der Waals surface area contributed by atoms with E-state index in [0.717, 1.165) is 22.0 Å². The summed E-state index contributed by atoms with van der Waals surface area (Å²) in [6.07, 6.45) is 2.09. The highest BCUT2D eigenvalue weighted by Gasteiger charge is 2.09. The average molecular weight is 340 g/mol. The van der Waals surface area contributed by atoms with E-state index in [-0.39, 0.29) is 0 Å². The van der Waals surface area contributed by atoms with Crippen LogP contribution in [0.15, 0.2) is 59.5 Å². The van der Waals surface area contributed by atoms with Crippen LogP contribution < -0.4 is 0 Å². The Kier molecular flexibility index (Phi) is 4.74. The number of benzene rings is 2. The van der Waals surface area contributed by atoms with Crippen molar-refractivity contribution in [1.82, 2.24) is 4.98 Å². The molecule has 0 N–H and O–H groups in total. The van der Waals surface area contributed by atoms with E-state index >= 15 is 0 Å². The van der Waals surface area contributed by atoms with Gasteiger partial charge >= 0.3 is 0 Å². The third-order valence-corrected chi connectivity index (χ3v) is 4.76. The van der Waals surface area contributed by atoms with Gasteiger partial charge in [0.1, 0.15) is 0 Å². The zero-order chi connectivity index (χ0) is 16.4. The number of hydrogen-bond donors (Lipinski definition) is 0. The van der Waals surface area contributed by atoms with Gasteiger partial charge in [-0.3, -0.25) is 0 Å². The molecule has 1 nitrogen and oxygen atoms in total. The molecule has 3 aromatic rings. The van der Waals surface area contributed by atoms with E-state index in [1.807, 2.05) is 24.3 Å². The first kappa shape index (κ1) is 16.1. The third kappa shape index (κ3) is 3.60. The molecule has 1 heterocycles. The highest BCUT2D eigenvalue weighted by Crippen LogP contribution is 2.31. The van der Waals surface area contributed by atoms with Crippen molar-refractivity contribution in [1.29, 1.82) is 0 Å². The molecule has 0 aliphatic carbocycles. The van der Waals surface area contributed by atoms with Gasteiger partial charge in [-0.1, -0.05) is 47.5 Å². The second-order valence-corrected chi connectivity index (χ2v) is 6.92. The molecular weight excluding hydrogens is 322 g/mol. The first-order valence-corrected chi connectivity index (χ1v) is 9.07. The molecule has 0 aliphatic rings. The molecule has 2 aromatic carbocycles. The van der Waals surface area contributed by atoms with Crippen molar-refractivity contribution in [2.45, 2.75) is 18.7 Å². The van der Waals surface area contributed by atoms with Gasteiger partial charge in [0.2, 0.25) is 0 Å². The fourth-order valence-corrected chi connectivity index (χ4v) is 3.31. The molecule has 0 saturated heterocycles. The largest absolute Gasteiger partial charge is 0.248 e. The van der Waals surface area contributed by atoms with Gasteiger partial charge in [-0.25, -0.2) is 4.98 Å². The van der Waals surface area contributed by atoms with Crippen molar-refractivity contribution in [2.75, 3.05) is 6.26 Å². The number of hydrogen-bond acceptors (Lipinski definition) is 2. The smallest absolute Gasteiger partial charge is 0.0723 e. The van der Waals surface area contributed by atoms with Crippen molar-refractivity contribution in [3.05, 3.63) is 70.7 Å². The van der Waals surface area contributed by atoms with Crippen LogP contribution in [0.5, 0.6) is 0 Å². The van der Waals surface area contributed by atoms with Crippen LogP contribution in [-0.2, 0) is 0 Å². The topological polar surface area (TPSA) is 12.9 Å². The average Bonchev–Trinajstić information content (AvgIpc) is 2.54. The fraction of sp³-hybridized carbons (Fsp3) is 0.150. The first-order chi connectivity index (χ1) is 11.1. The quantitative estimate of drug-likeness (QED) is 0.511. The molecule has 3 rings (SSSR count). The van der Waals surface area contributed by atoms with Gasteiger partial charge in [-0.05, 0) is 49.9 Å². The standard InChI is InChI=1S/C20H18ClNS/c1-13-7-8-18(14(2)9-13)20-12-17(23-3)11-19(22-20)15-5-4-6-16(21)10-15/h4-12H,1-3H3. The maximum absolute atomic E-state index is 6.13. The molecule has 0 bridgehead atoms. The molecule has 3 heteroatoms. The number of nitrogens with zero attached hydrogens (tertiary/aromatic N) is 1. The number of rotatable bonds is 3. The zero-order valence-corrected chi connectivity index (χ0v) is 15.0. The second kappa shape index (κ2) is 6.77. The van der Waals surface area contributed by atoms with Crippen LogP contribution in [0.3, 0.4) is 0 Å². The van der Waals surface area contributed by atoms with Crippen LogP contribution in [0.25, 0.3) is 22.5 Å². The van der Waals surface area contributed by atoms with Crippen molar-refractivity contribution in [3.8, 4) is 22.5 Å². The van der Waals surface area contributed by atoms with Gasteiger partial charge in [0.25, 0.3) is 0 Å². The number of halogens is 1.